The Morgan fingerprint density at radius 3 is 2.82 bits per heavy atom. The molecule has 0 saturated heterocycles. The van der Waals surface area contributed by atoms with Gasteiger partial charge in [0.25, 0.3) is 0 Å². The summed E-state index contributed by atoms with van der Waals surface area (Å²) in [6, 6.07) is 12.5. The molecule has 0 unspecified atom stereocenters. The summed E-state index contributed by atoms with van der Waals surface area (Å²) in [6.07, 6.45) is 7.16. The molecule has 0 amide bonds. The quantitative estimate of drug-likeness (QED) is 0.789. The lowest BCUT2D eigenvalue weighted by Gasteiger charge is -2.14. The zero-order valence-electron chi connectivity index (χ0n) is 12.2. The van der Waals surface area contributed by atoms with Crippen LogP contribution < -0.4 is 5.32 Å². The van der Waals surface area contributed by atoms with Crippen LogP contribution in [0.3, 0.4) is 0 Å². The van der Waals surface area contributed by atoms with Gasteiger partial charge >= 0.3 is 0 Å². The molecule has 22 heavy (non-hydrogen) atoms. The Morgan fingerprint density at radius 1 is 1.05 bits per heavy atom. The Kier molecular flexibility index (Phi) is 4.25. The number of hydrogen-bond acceptors (Lipinski definition) is 3. The highest BCUT2D eigenvalue weighted by Gasteiger charge is 2.19. The molecular formula is C18H18ClN3. The van der Waals surface area contributed by atoms with Crippen molar-refractivity contribution >= 4 is 29.0 Å². The smallest absolute Gasteiger partial charge is 0.0726 e. The number of benzene rings is 1. The number of aryl methyl sites for hydroxylation is 1. The van der Waals surface area contributed by atoms with E-state index in [0.717, 1.165) is 24.9 Å². The minimum Gasteiger partial charge on any atom is -0.380 e. The number of hydrogen-bond donors (Lipinski definition) is 1. The van der Waals surface area contributed by atoms with Gasteiger partial charge in [0.15, 0.2) is 0 Å². The first-order valence-corrected chi connectivity index (χ1v) is 7.45. The number of fused-ring (bicyclic) bond motifs is 2. The van der Waals surface area contributed by atoms with Crippen molar-refractivity contribution in [3.63, 3.8) is 0 Å². The SMILES string of the molecule is Cl.c1cncc(CNc2c3c(nc4ccccc24)CCC3)c1. The second-order valence-corrected chi connectivity index (χ2v) is 5.50. The third-order valence-electron chi connectivity index (χ3n) is 4.11. The highest BCUT2D eigenvalue weighted by molar-refractivity contribution is 5.93. The third kappa shape index (κ3) is 2.64. The van der Waals surface area contributed by atoms with Gasteiger partial charge in [0.1, 0.15) is 0 Å². The van der Waals surface area contributed by atoms with E-state index >= 15 is 0 Å². The topological polar surface area (TPSA) is 37.8 Å². The predicted molar refractivity (Wildman–Crippen MR) is 92.6 cm³/mol. The molecule has 4 heteroatoms. The molecule has 112 valence electrons. The van der Waals surface area contributed by atoms with Gasteiger partial charge in [-0.3, -0.25) is 9.97 Å². The Morgan fingerprint density at radius 2 is 1.95 bits per heavy atom. The van der Waals surface area contributed by atoms with Crippen LogP contribution in [-0.4, -0.2) is 9.97 Å². The van der Waals surface area contributed by atoms with Gasteiger partial charge in [-0.1, -0.05) is 24.3 Å². The Bertz CT molecular complexity index is 787. The molecule has 2 aromatic heterocycles. The average Bonchev–Trinajstić information content (AvgIpc) is 3.00. The zero-order valence-corrected chi connectivity index (χ0v) is 13.1. The molecule has 1 N–H and O–H groups in total. The van der Waals surface area contributed by atoms with Gasteiger partial charge in [-0.15, -0.1) is 12.4 Å². The van der Waals surface area contributed by atoms with Crippen LogP contribution in [0.1, 0.15) is 23.2 Å². The Labute approximate surface area is 136 Å². The van der Waals surface area contributed by atoms with Crippen molar-refractivity contribution in [1.29, 1.82) is 0 Å². The molecule has 0 bridgehead atoms. The van der Waals surface area contributed by atoms with Crippen molar-refractivity contribution in [3.8, 4) is 0 Å². The number of halogens is 1. The van der Waals surface area contributed by atoms with E-state index in [9.17, 15) is 0 Å². The standard InChI is InChI=1S/C18H17N3.ClH/c1-2-8-16-14(6-1)18(15-7-3-9-17(15)21-16)20-12-13-5-4-10-19-11-13;/h1-2,4-6,8,10-11H,3,7,9,12H2,(H,20,21);1H. The molecular weight excluding hydrogens is 294 g/mol. The van der Waals surface area contributed by atoms with Crippen LogP contribution in [0.15, 0.2) is 48.8 Å². The summed E-state index contributed by atoms with van der Waals surface area (Å²) in [4.78, 5) is 9.00. The third-order valence-corrected chi connectivity index (χ3v) is 4.11. The van der Waals surface area contributed by atoms with E-state index in [-0.39, 0.29) is 12.4 Å². The molecule has 2 heterocycles. The largest absolute Gasteiger partial charge is 0.380 e. The van der Waals surface area contributed by atoms with Crippen LogP contribution >= 0.6 is 12.4 Å². The van der Waals surface area contributed by atoms with E-state index in [1.165, 1.54) is 34.3 Å². The molecule has 3 nitrogen and oxygen atoms in total. The van der Waals surface area contributed by atoms with Crippen LogP contribution in [0.2, 0.25) is 0 Å². The number of para-hydroxylation sites is 1. The molecule has 0 radical (unpaired) electrons. The molecule has 0 aliphatic heterocycles. The van der Waals surface area contributed by atoms with Crippen molar-refractivity contribution in [2.24, 2.45) is 0 Å². The maximum atomic E-state index is 4.82. The second-order valence-electron chi connectivity index (χ2n) is 5.50. The van der Waals surface area contributed by atoms with Crippen molar-refractivity contribution in [3.05, 3.63) is 65.6 Å². The fourth-order valence-electron chi connectivity index (χ4n) is 3.11. The number of rotatable bonds is 3. The van der Waals surface area contributed by atoms with Gasteiger partial charge in [0.2, 0.25) is 0 Å². The first kappa shape index (κ1) is 14.8. The lowest BCUT2D eigenvalue weighted by molar-refractivity contribution is 0.901. The summed E-state index contributed by atoms with van der Waals surface area (Å²) >= 11 is 0. The summed E-state index contributed by atoms with van der Waals surface area (Å²) in [5.74, 6) is 0. The van der Waals surface area contributed by atoms with Gasteiger partial charge in [-0.05, 0) is 42.5 Å². The van der Waals surface area contributed by atoms with E-state index in [1.807, 2.05) is 18.5 Å². The number of pyridine rings is 2. The fourth-order valence-corrected chi connectivity index (χ4v) is 3.11. The fraction of sp³-hybridized carbons (Fsp3) is 0.222. The van der Waals surface area contributed by atoms with Crippen LogP contribution in [0, 0.1) is 0 Å². The summed E-state index contributed by atoms with van der Waals surface area (Å²) < 4.78 is 0. The van der Waals surface area contributed by atoms with Crippen LogP contribution in [0.5, 0.6) is 0 Å². The molecule has 0 saturated carbocycles. The van der Waals surface area contributed by atoms with E-state index in [1.54, 1.807) is 0 Å². The second kappa shape index (κ2) is 6.32. The van der Waals surface area contributed by atoms with E-state index < -0.39 is 0 Å². The Hall–Kier alpha value is -2.13. The van der Waals surface area contributed by atoms with E-state index in [0.29, 0.717) is 0 Å². The van der Waals surface area contributed by atoms with Crippen molar-refractivity contribution in [2.75, 3.05) is 5.32 Å². The van der Waals surface area contributed by atoms with Crippen LogP contribution in [0.4, 0.5) is 5.69 Å². The minimum absolute atomic E-state index is 0. The molecule has 1 aliphatic rings. The maximum absolute atomic E-state index is 4.82. The number of nitrogens with zero attached hydrogens (tertiary/aromatic N) is 2. The molecule has 1 aliphatic carbocycles. The number of aromatic nitrogens is 2. The highest BCUT2D eigenvalue weighted by atomic mass is 35.5. The zero-order chi connectivity index (χ0) is 14.1. The number of anilines is 1. The lowest BCUT2D eigenvalue weighted by atomic mass is 10.1. The van der Waals surface area contributed by atoms with Gasteiger partial charge in [0, 0.05) is 35.7 Å². The van der Waals surface area contributed by atoms with Gasteiger partial charge < -0.3 is 5.32 Å². The molecule has 3 aromatic rings. The molecule has 0 atom stereocenters. The van der Waals surface area contributed by atoms with Gasteiger partial charge in [-0.2, -0.15) is 0 Å². The molecule has 0 spiro atoms. The molecule has 1 aromatic carbocycles. The maximum Gasteiger partial charge on any atom is 0.0726 e. The molecule has 0 fully saturated rings. The van der Waals surface area contributed by atoms with Crippen LogP contribution in [0.25, 0.3) is 10.9 Å². The average molecular weight is 312 g/mol. The Balaban J connectivity index is 0.00000144. The summed E-state index contributed by atoms with van der Waals surface area (Å²) in [6.45, 7) is 0.800. The van der Waals surface area contributed by atoms with Crippen molar-refractivity contribution < 1.29 is 0 Å². The predicted octanol–water partition coefficient (Wildman–Crippen LogP) is 4.15. The van der Waals surface area contributed by atoms with Crippen molar-refractivity contribution in [2.45, 2.75) is 25.8 Å². The van der Waals surface area contributed by atoms with Gasteiger partial charge in [0.05, 0.1) is 5.52 Å². The highest BCUT2D eigenvalue weighted by Crippen LogP contribution is 2.34. The normalized spacial score (nSPS) is 12.7. The van der Waals surface area contributed by atoms with E-state index in [2.05, 4.69) is 40.6 Å². The number of nitrogens with one attached hydrogen (secondary N) is 1. The minimum atomic E-state index is 0. The summed E-state index contributed by atoms with van der Waals surface area (Å²) in [5, 5.41) is 4.85. The van der Waals surface area contributed by atoms with E-state index in [4.69, 9.17) is 4.98 Å². The summed E-state index contributed by atoms with van der Waals surface area (Å²) in [5.41, 5.74) is 6.22. The van der Waals surface area contributed by atoms with Crippen LogP contribution in [-0.2, 0) is 19.4 Å². The first-order chi connectivity index (χ1) is 10.4. The molecule has 4 rings (SSSR count). The lowest BCUT2D eigenvalue weighted by Crippen LogP contribution is -2.04. The monoisotopic (exact) mass is 311 g/mol. The van der Waals surface area contributed by atoms with Crippen molar-refractivity contribution in [1.82, 2.24) is 9.97 Å². The summed E-state index contributed by atoms with van der Waals surface area (Å²) in [7, 11) is 0. The van der Waals surface area contributed by atoms with Gasteiger partial charge in [-0.25, -0.2) is 0 Å². The first-order valence-electron chi connectivity index (χ1n) is 7.45.